The van der Waals surface area contributed by atoms with Gasteiger partial charge in [0.05, 0.1) is 6.54 Å². The Morgan fingerprint density at radius 3 is 2.36 bits per heavy atom. The van der Waals surface area contributed by atoms with Crippen molar-refractivity contribution in [3.8, 4) is 5.75 Å². The first kappa shape index (κ1) is 12.4. The highest BCUT2D eigenvalue weighted by molar-refractivity contribution is 5.68. The van der Waals surface area contributed by atoms with Crippen molar-refractivity contribution in [3.63, 3.8) is 0 Å². The molecule has 0 aliphatic carbocycles. The summed E-state index contributed by atoms with van der Waals surface area (Å²) >= 11 is 0. The third-order valence-electron chi connectivity index (χ3n) is 1.28. The van der Waals surface area contributed by atoms with Crippen molar-refractivity contribution in [3.05, 3.63) is 29.6 Å². The molecule has 0 spiro atoms. The Bertz CT molecular complexity index is 315. The number of phenolic OH excluding ortho intramolecular Hbond substituents is 1. The van der Waals surface area contributed by atoms with Gasteiger partial charge in [-0.3, -0.25) is 4.79 Å². The summed E-state index contributed by atoms with van der Waals surface area (Å²) in [6.45, 7) is 1.49. The van der Waals surface area contributed by atoms with Crippen LogP contribution in [0.15, 0.2) is 18.2 Å². The normalized spacial score (nSPS) is 8.79. The lowest BCUT2D eigenvalue weighted by molar-refractivity contribution is -0.135. The first-order valence-electron chi connectivity index (χ1n) is 3.84. The lowest BCUT2D eigenvalue weighted by atomic mass is 10.2. The summed E-state index contributed by atoms with van der Waals surface area (Å²) in [7, 11) is 0. The lowest BCUT2D eigenvalue weighted by Crippen LogP contribution is -2.10. The van der Waals surface area contributed by atoms with E-state index in [-0.39, 0.29) is 12.3 Å². The van der Waals surface area contributed by atoms with Crippen molar-refractivity contribution >= 4 is 5.97 Å². The van der Waals surface area contributed by atoms with Crippen molar-refractivity contribution in [1.29, 1.82) is 0 Å². The number of halogens is 1. The van der Waals surface area contributed by atoms with Gasteiger partial charge < -0.3 is 15.9 Å². The number of hydrogen-bond acceptors (Lipinski definition) is 3. The summed E-state index contributed by atoms with van der Waals surface area (Å²) in [6.07, 6.45) is 0. The monoisotopic (exact) mass is 201 g/mol. The molecule has 1 aromatic carbocycles. The Labute approximate surface area is 80.8 Å². The molecule has 4 nitrogen and oxygen atoms in total. The van der Waals surface area contributed by atoms with E-state index in [1.165, 1.54) is 12.1 Å². The van der Waals surface area contributed by atoms with E-state index in [1.807, 2.05) is 0 Å². The van der Waals surface area contributed by atoms with Crippen molar-refractivity contribution in [1.82, 2.24) is 0 Å². The molecule has 0 aliphatic heterocycles. The largest absolute Gasteiger partial charge is 0.505 e. The zero-order valence-corrected chi connectivity index (χ0v) is 7.70. The molecule has 14 heavy (non-hydrogen) atoms. The smallest absolute Gasteiger partial charge is 0.317 e. The van der Waals surface area contributed by atoms with Gasteiger partial charge in [0.1, 0.15) is 0 Å². The number of nitrogens with two attached hydrogens (primary N) is 1. The van der Waals surface area contributed by atoms with Crippen LogP contribution in [-0.2, 0) is 4.79 Å². The number of aromatic hydroxyl groups is 1. The molecule has 78 valence electrons. The van der Waals surface area contributed by atoms with Crippen molar-refractivity contribution in [2.75, 3.05) is 6.54 Å². The Morgan fingerprint density at radius 1 is 1.57 bits per heavy atom. The van der Waals surface area contributed by atoms with Gasteiger partial charge >= 0.3 is 5.97 Å². The van der Waals surface area contributed by atoms with E-state index >= 15 is 0 Å². The van der Waals surface area contributed by atoms with E-state index in [0.717, 1.165) is 5.56 Å². The molecule has 4 N–H and O–H groups in total. The Kier molecular flexibility index (Phi) is 5.24. The summed E-state index contributed by atoms with van der Waals surface area (Å²) in [5.74, 6) is -1.82. The van der Waals surface area contributed by atoms with Gasteiger partial charge in [-0.1, -0.05) is 6.07 Å². The fourth-order valence-electron chi connectivity index (χ4n) is 0.612. The van der Waals surface area contributed by atoms with Gasteiger partial charge in [-0.05, 0) is 24.6 Å². The Balaban J connectivity index is 0.000000292. The number of rotatable bonds is 1. The minimum Gasteiger partial charge on any atom is -0.505 e. The van der Waals surface area contributed by atoms with Crippen molar-refractivity contribution < 1.29 is 19.4 Å². The number of hydrogen-bond donors (Lipinski definition) is 3. The predicted molar refractivity (Wildman–Crippen MR) is 49.5 cm³/mol. The average Bonchev–Trinajstić information content (AvgIpc) is 2.13. The minimum atomic E-state index is -0.968. The quantitative estimate of drug-likeness (QED) is 0.629. The number of carboxylic acids is 1. The maximum Gasteiger partial charge on any atom is 0.317 e. The van der Waals surface area contributed by atoms with Gasteiger partial charge in [0, 0.05) is 0 Å². The number of phenols is 1. The topological polar surface area (TPSA) is 83.5 Å². The van der Waals surface area contributed by atoms with Gasteiger partial charge in [0.15, 0.2) is 11.6 Å². The molecule has 0 bridgehead atoms. The Morgan fingerprint density at radius 2 is 2.07 bits per heavy atom. The molecule has 5 heteroatoms. The second kappa shape index (κ2) is 5.93. The zero-order chi connectivity index (χ0) is 11.1. The highest BCUT2D eigenvalue weighted by atomic mass is 19.1. The zero-order valence-electron chi connectivity index (χ0n) is 7.70. The van der Waals surface area contributed by atoms with E-state index in [9.17, 15) is 9.18 Å². The second-order valence-corrected chi connectivity index (χ2v) is 2.55. The van der Waals surface area contributed by atoms with Gasteiger partial charge in [-0.2, -0.15) is 0 Å². The fourth-order valence-corrected chi connectivity index (χ4v) is 0.612. The fraction of sp³-hybridized carbons (Fsp3) is 0.222. The number of carboxylic acid groups (broad SMARTS) is 1. The standard InChI is InChI=1S/C7H7FO.C2H5NO2/c1-5-2-3-7(9)6(8)4-5;3-1-2(4)5/h2-4,9H,1H3;1,3H2,(H,4,5). The number of benzene rings is 1. The molecule has 0 heterocycles. The molecule has 0 saturated heterocycles. The first-order valence-corrected chi connectivity index (χ1v) is 3.84. The maximum atomic E-state index is 12.3. The number of aryl methyl sites for hydroxylation is 1. The lowest BCUT2D eigenvalue weighted by Gasteiger charge is -1.93. The number of carbonyl (C=O) groups is 1. The molecule has 0 aromatic heterocycles. The van der Waals surface area contributed by atoms with Crippen LogP contribution >= 0.6 is 0 Å². The van der Waals surface area contributed by atoms with Crippen LogP contribution < -0.4 is 5.73 Å². The molecule has 1 aromatic rings. The van der Waals surface area contributed by atoms with Crippen LogP contribution in [0, 0.1) is 12.7 Å². The van der Waals surface area contributed by atoms with Crippen LogP contribution in [-0.4, -0.2) is 22.7 Å². The summed E-state index contributed by atoms with van der Waals surface area (Å²) in [6, 6.07) is 4.28. The number of aliphatic carboxylic acids is 1. The van der Waals surface area contributed by atoms with Crippen LogP contribution in [0.2, 0.25) is 0 Å². The van der Waals surface area contributed by atoms with Crippen LogP contribution in [0.4, 0.5) is 4.39 Å². The molecule has 0 fully saturated rings. The second-order valence-electron chi connectivity index (χ2n) is 2.55. The van der Waals surface area contributed by atoms with Crippen LogP contribution in [0.25, 0.3) is 0 Å². The first-order chi connectivity index (χ1) is 6.47. The third kappa shape index (κ3) is 5.10. The van der Waals surface area contributed by atoms with Gasteiger partial charge in [0.25, 0.3) is 0 Å². The molecule has 0 amide bonds. The average molecular weight is 201 g/mol. The van der Waals surface area contributed by atoms with Crippen LogP contribution in [0.3, 0.4) is 0 Å². The van der Waals surface area contributed by atoms with Crippen molar-refractivity contribution in [2.45, 2.75) is 6.92 Å². The molecular formula is C9H12FNO3. The molecular weight excluding hydrogens is 189 g/mol. The minimum absolute atomic E-state index is 0.278. The van der Waals surface area contributed by atoms with E-state index in [0.29, 0.717) is 0 Å². The van der Waals surface area contributed by atoms with Gasteiger partial charge in [-0.25, -0.2) is 4.39 Å². The molecule has 1 rings (SSSR count). The van der Waals surface area contributed by atoms with E-state index < -0.39 is 11.8 Å². The van der Waals surface area contributed by atoms with Crippen molar-refractivity contribution in [2.24, 2.45) is 5.73 Å². The molecule has 0 radical (unpaired) electrons. The molecule has 0 aliphatic rings. The van der Waals surface area contributed by atoms with Gasteiger partial charge in [0.2, 0.25) is 0 Å². The van der Waals surface area contributed by atoms with E-state index in [4.69, 9.17) is 10.2 Å². The van der Waals surface area contributed by atoms with E-state index in [2.05, 4.69) is 5.73 Å². The predicted octanol–water partition coefficient (Wildman–Crippen LogP) is 0.869. The summed E-state index contributed by atoms with van der Waals surface area (Å²) in [5, 5.41) is 16.3. The summed E-state index contributed by atoms with van der Waals surface area (Å²) < 4.78 is 12.3. The molecule has 0 saturated carbocycles. The highest BCUT2D eigenvalue weighted by Crippen LogP contribution is 2.14. The third-order valence-corrected chi connectivity index (χ3v) is 1.28. The maximum absolute atomic E-state index is 12.3. The molecule has 0 unspecified atom stereocenters. The SMILES string of the molecule is Cc1ccc(O)c(F)c1.NCC(=O)O. The molecule has 0 atom stereocenters. The van der Waals surface area contributed by atoms with Crippen LogP contribution in [0.5, 0.6) is 5.75 Å². The summed E-state index contributed by atoms with van der Waals surface area (Å²) in [4.78, 5) is 9.24. The summed E-state index contributed by atoms with van der Waals surface area (Å²) in [5.41, 5.74) is 5.38. The van der Waals surface area contributed by atoms with Crippen LogP contribution in [0.1, 0.15) is 5.56 Å². The highest BCUT2D eigenvalue weighted by Gasteiger charge is 1.96. The van der Waals surface area contributed by atoms with Gasteiger partial charge in [-0.15, -0.1) is 0 Å². The van der Waals surface area contributed by atoms with E-state index in [1.54, 1.807) is 13.0 Å². The Hall–Kier alpha value is -1.62.